The van der Waals surface area contributed by atoms with Gasteiger partial charge in [-0.15, -0.1) is 0 Å². The molecule has 0 bridgehead atoms. The molecule has 1 fully saturated rings. The molecule has 0 saturated heterocycles. The quantitative estimate of drug-likeness (QED) is 0.271. The van der Waals surface area contributed by atoms with E-state index >= 15 is 0 Å². The van der Waals surface area contributed by atoms with Crippen molar-refractivity contribution in [3.8, 4) is 0 Å². The van der Waals surface area contributed by atoms with Gasteiger partial charge in [0.15, 0.2) is 0 Å². The summed E-state index contributed by atoms with van der Waals surface area (Å²) in [5, 5.41) is 0. The molecule has 1 aromatic carbocycles. The van der Waals surface area contributed by atoms with Crippen molar-refractivity contribution >= 4 is 5.97 Å². The molecule has 1 saturated carbocycles. The molecule has 0 N–H and O–H groups in total. The van der Waals surface area contributed by atoms with Gasteiger partial charge < -0.3 is 4.74 Å². The SMILES string of the molecule is CC(C)=CCCC(C)C1C=C[C@@H]2C3=C(CC[C@]12C)[C@@]1(C)CC[C@H](OC(=O)c2ccccc2)C(C)(C)CC1CC3. The molecule has 2 heteroatoms. The van der Waals surface area contributed by atoms with Gasteiger partial charge in [-0.2, -0.15) is 0 Å². The summed E-state index contributed by atoms with van der Waals surface area (Å²) in [5.74, 6) is 2.51. The van der Waals surface area contributed by atoms with E-state index in [1.807, 2.05) is 30.3 Å². The lowest BCUT2D eigenvalue weighted by atomic mass is 9.51. The molecule has 0 aliphatic heterocycles. The fourth-order valence-electron chi connectivity index (χ4n) is 9.22. The van der Waals surface area contributed by atoms with Crippen molar-refractivity contribution in [1.82, 2.24) is 0 Å². The van der Waals surface area contributed by atoms with E-state index in [1.165, 1.54) is 44.1 Å². The topological polar surface area (TPSA) is 26.3 Å². The van der Waals surface area contributed by atoms with Crippen molar-refractivity contribution in [3.63, 3.8) is 0 Å². The average Bonchev–Trinajstić information content (AvgIpc) is 3.21. The van der Waals surface area contributed by atoms with Crippen LogP contribution in [-0.4, -0.2) is 12.1 Å². The van der Waals surface area contributed by atoms with Crippen LogP contribution < -0.4 is 0 Å². The van der Waals surface area contributed by atoms with E-state index < -0.39 is 0 Å². The zero-order chi connectivity index (χ0) is 28.0. The van der Waals surface area contributed by atoms with Crippen LogP contribution >= 0.6 is 0 Å². The van der Waals surface area contributed by atoms with Crippen molar-refractivity contribution < 1.29 is 9.53 Å². The third-order valence-electron chi connectivity index (χ3n) is 11.6. The molecule has 0 spiro atoms. The highest BCUT2D eigenvalue weighted by Gasteiger charge is 2.55. The Morgan fingerprint density at radius 3 is 2.49 bits per heavy atom. The predicted octanol–water partition coefficient (Wildman–Crippen LogP) is 10.1. The van der Waals surface area contributed by atoms with Crippen LogP contribution in [0.1, 0.15) is 117 Å². The Morgan fingerprint density at radius 1 is 1.03 bits per heavy atom. The minimum Gasteiger partial charge on any atom is -0.458 e. The Balaban J connectivity index is 1.36. The van der Waals surface area contributed by atoms with Crippen LogP contribution in [0, 0.1) is 39.9 Å². The Bertz CT molecular complexity index is 1150. The molecule has 4 aliphatic rings. The predicted molar refractivity (Wildman–Crippen MR) is 162 cm³/mol. The lowest BCUT2D eigenvalue weighted by Crippen LogP contribution is -2.43. The van der Waals surface area contributed by atoms with Gasteiger partial charge in [0.2, 0.25) is 0 Å². The maximum atomic E-state index is 13.0. The minimum absolute atomic E-state index is 0.0206. The molecular formula is C37H52O2. The third kappa shape index (κ3) is 5.22. The Morgan fingerprint density at radius 2 is 1.77 bits per heavy atom. The zero-order valence-electron chi connectivity index (χ0n) is 25.7. The smallest absolute Gasteiger partial charge is 0.338 e. The van der Waals surface area contributed by atoms with E-state index in [0.717, 1.165) is 25.2 Å². The number of benzene rings is 1. The summed E-state index contributed by atoms with van der Waals surface area (Å²) < 4.78 is 6.26. The minimum atomic E-state index is -0.169. The first kappa shape index (κ1) is 28.4. The molecule has 2 nitrogen and oxygen atoms in total. The van der Waals surface area contributed by atoms with E-state index in [2.05, 4.69) is 66.7 Å². The normalized spacial score (nSPS) is 35.8. The summed E-state index contributed by atoms with van der Waals surface area (Å²) in [4.78, 5) is 13.0. The van der Waals surface area contributed by atoms with Crippen molar-refractivity contribution in [3.05, 3.63) is 70.8 Å². The van der Waals surface area contributed by atoms with Crippen LogP contribution in [0.2, 0.25) is 0 Å². The summed E-state index contributed by atoms with van der Waals surface area (Å²) in [7, 11) is 0. The van der Waals surface area contributed by atoms with Crippen molar-refractivity contribution in [1.29, 1.82) is 0 Å². The van der Waals surface area contributed by atoms with Crippen LogP contribution in [0.15, 0.2) is 65.3 Å². The molecule has 212 valence electrons. The van der Waals surface area contributed by atoms with Gasteiger partial charge in [-0.3, -0.25) is 0 Å². The van der Waals surface area contributed by atoms with Gasteiger partial charge in [-0.05, 0) is 112 Å². The van der Waals surface area contributed by atoms with Gasteiger partial charge in [0.25, 0.3) is 0 Å². The summed E-state index contributed by atoms with van der Waals surface area (Å²) >= 11 is 0. The standard InChI is InChI=1S/C37H52O2/c1-25(2)12-11-13-26(3)30-18-19-31-29-17-16-28-24-35(4,5)33(39-34(38)27-14-9-8-10-15-27)21-23-36(28,6)32(29)20-22-37(30,31)7/h8-10,12,14-15,18-19,26,28,30-31,33H,11,13,16-17,20-24H2,1-7H3/t26?,28?,30?,31-,33+,36+,37-/m1/s1. The summed E-state index contributed by atoms with van der Waals surface area (Å²) in [6, 6.07) is 9.52. The highest BCUT2D eigenvalue weighted by atomic mass is 16.5. The molecule has 3 unspecified atom stereocenters. The Labute approximate surface area is 238 Å². The molecule has 0 amide bonds. The first-order valence-electron chi connectivity index (χ1n) is 15.8. The molecule has 39 heavy (non-hydrogen) atoms. The number of esters is 1. The fraction of sp³-hybridized carbons (Fsp3) is 0.649. The van der Waals surface area contributed by atoms with Crippen molar-refractivity contribution in [2.75, 3.05) is 0 Å². The molecule has 5 rings (SSSR count). The van der Waals surface area contributed by atoms with Crippen molar-refractivity contribution in [2.24, 2.45) is 39.9 Å². The zero-order valence-corrected chi connectivity index (χ0v) is 25.7. The molecule has 0 heterocycles. The van der Waals surface area contributed by atoms with Gasteiger partial charge >= 0.3 is 5.97 Å². The number of ether oxygens (including phenoxy) is 1. The van der Waals surface area contributed by atoms with Gasteiger partial charge in [0.05, 0.1) is 5.56 Å². The maximum Gasteiger partial charge on any atom is 0.338 e. The number of carbonyl (C=O) groups excluding carboxylic acids is 1. The van der Waals surface area contributed by atoms with E-state index in [9.17, 15) is 4.79 Å². The second kappa shape index (κ2) is 10.7. The maximum absolute atomic E-state index is 13.0. The van der Waals surface area contributed by atoms with Crippen LogP contribution in [0.5, 0.6) is 0 Å². The summed E-state index contributed by atoms with van der Waals surface area (Å²) in [6.07, 6.45) is 18.4. The Hall–Kier alpha value is -2.09. The number of hydrogen-bond acceptors (Lipinski definition) is 2. The van der Waals surface area contributed by atoms with Crippen LogP contribution in [-0.2, 0) is 4.74 Å². The summed E-state index contributed by atoms with van der Waals surface area (Å²) in [6.45, 7) is 16.8. The van der Waals surface area contributed by atoms with Crippen LogP contribution in [0.3, 0.4) is 0 Å². The second-order valence-corrected chi connectivity index (χ2v) is 14.9. The highest BCUT2D eigenvalue weighted by molar-refractivity contribution is 5.89. The number of allylic oxidation sites excluding steroid dienone is 6. The largest absolute Gasteiger partial charge is 0.458 e. The lowest BCUT2D eigenvalue weighted by molar-refractivity contribution is -0.0136. The molecule has 1 aromatic rings. The van der Waals surface area contributed by atoms with E-state index in [0.29, 0.717) is 28.7 Å². The van der Waals surface area contributed by atoms with Crippen molar-refractivity contribution in [2.45, 2.75) is 112 Å². The van der Waals surface area contributed by atoms with E-state index in [4.69, 9.17) is 4.74 Å². The first-order valence-corrected chi connectivity index (χ1v) is 15.8. The van der Waals surface area contributed by atoms with Crippen LogP contribution in [0.4, 0.5) is 0 Å². The van der Waals surface area contributed by atoms with Crippen LogP contribution in [0.25, 0.3) is 0 Å². The molecule has 4 aliphatic carbocycles. The average molecular weight is 529 g/mol. The molecule has 0 aromatic heterocycles. The van der Waals surface area contributed by atoms with Gasteiger partial charge in [0, 0.05) is 11.3 Å². The molecular weight excluding hydrogens is 476 g/mol. The molecule has 0 radical (unpaired) electrons. The summed E-state index contributed by atoms with van der Waals surface area (Å²) in [5.41, 5.74) is 6.24. The van der Waals surface area contributed by atoms with Gasteiger partial charge in [0.1, 0.15) is 6.10 Å². The highest BCUT2D eigenvalue weighted by Crippen LogP contribution is 2.65. The third-order valence-corrected chi connectivity index (χ3v) is 11.6. The fourth-order valence-corrected chi connectivity index (χ4v) is 9.22. The number of hydrogen-bond donors (Lipinski definition) is 0. The molecule has 7 atom stereocenters. The number of carbonyl (C=O) groups is 1. The lowest BCUT2D eigenvalue weighted by Gasteiger charge is -2.53. The van der Waals surface area contributed by atoms with Gasteiger partial charge in [-0.25, -0.2) is 4.79 Å². The van der Waals surface area contributed by atoms with E-state index in [1.54, 1.807) is 11.1 Å². The Kier molecular flexibility index (Phi) is 7.81. The van der Waals surface area contributed by atoms with Gasteiger partial charge in [-0.1, -0.05) is 87.8 Å². The number of fused-ring (bicyclic) bond motifs is 4. The van der Waals surface area contributed by atoms with E-state index in [-0.39, 0.29) is 22.9 Å². The monoisotopic (exact) mass is 528 g/mol. The first-order chi connectivity index (χ1) is 18.5. The number of rotatable bonds is 6. The second-order valence-electron chi connectivity index (χ2n) is 14.9.